The second-order valence-corrected chi connectivity index (χ2v) is 7.30. The number of thioether (sulfide) groups is 1. The number of nitrogens with zero attached hydrogens (tertiary/aromatic N) is 2. The molecule has 28 heavy (non-hydrogen) atoms. The van der Waals surface area contributed by atoms with Crippen molar-refractivity contribution in [2.75, 3.05) is 19.5 Å². The van der Waals surface area contributed by atoms with Crippen molar-refractivity contribution < 1.29 is 18.7 Å². The Hall–Kier alpha value is -3.00. The zero-order valence-electron chi connectivity index (χ0n) is 16.1. The van der Waals surface area contributed by atoms with Gasteiger partial charge in [0, 0.05) is 17.3 Å². The lowest BCUT2D eigenvalue weighted by molar-refractivity contribution is -0.115. The van der Waals surface area contributed by atoms with E-state index in [1.54, 1.807) is 39.3 Å². The zero-order chi connectivity index (χ0) is 20.1. The highest BCUT2D eigenvalue weighted by atomic mass is 32.2. The van der Waals surface area contributed by atoms with Crippen molar-refractivity contribution in [1.29, 1.82) is 0 Å². The lowest BCUT2D eigenvalue weighted by Gasteiger charge is -2.12. The quantitative estimate of drug-likeness (QED) is 0.596. The first-order chi connectivity index (χ1) is 13.5. The Labute approximate surface area is 167 Å². The molecular formula is C20H21N3O4S. The third-order valence-corrected chi connectivity index (χ3v) is 5.01. The monoisotopic (exact) mass is 399 g/mol. The third kappa shape index (κ3) is 4.45. The lowest BCUT2D eigenvalue weighted by atomic mass is 10.1. The van der Waals surface area contributed by atoms with Crippen LogP contribution >= 0.6 is 11.8 Å². The molecule has 8 heteroatoms. The number of hydrogen-bond donors (Lipinski definition) is 1. The van der Waals surface area contributed by atoms with Crippen molar-refractivity contribution in [2.24, 2.45) is 0 Å². The van der Waals surface area contributed by atoms with Crippen molar-refractivity contribution in [3.63, 3.8) is 0 Å². The van der Waals surface area contributed by atoms with Crippen molar-refractivity contribution in [3.05, 3.63) is 48.0 Å². The van der Waals surface area contributed by atoms with Crippen LogP contribution in [0.3, 0.4) is 0 Å². The Morgan fingerprint density at radius 2 is 1.86 bits per heavy atom. The van der Waals surface area contributed by atoms with Crippen LogP contribution < -0.4 is 14.8 Å². The van der Waals surface area contributed by atoms with Gasteiger partial charge in [0.25, 0.3) is 5.22 Å². The van der Waals surface area contributed by atoms with E-state index in [4.69, 9.17) is 13.9 Å². The van der Waals surface area contributed by atoms with Crippen LogP contribution in [-0.2, 0) is 4.79 Å². The summed E-state index contributed by atoms with van der Waals surface area (Å²) >= 11 is 1.20. The summed E-state index contributed by atoms with van der Waals surface area (Å²) in [5.41, 5.74) is 2.53. The number of aromatic nitrogens is 2. The van der Waals surface area contributed by atoms with Crippen molar-refractivity contribution in [1.82, 2.24) is 10.2 Å². The number of rotatable bonds is 7. The van der Waals surface area contributed by atoms with Gasteiger partial charge in [0.15, 0.2) is 11.5 Å². The number of nitrogens with one attached hydrogen (secondary N) is 1. The number of carbonyl (C=O) groups excluding carboxylic acids is 1. The van der Waals surface area contributed by atoms with Crippen LogP contribution in [-0.4, -0.2) is 35.6 Å². The van der Waals surface area contributed by atoms with E-state index in [-0.39, 0.29) is 5.91 Å². The molecule has 146 valence electrons. The second-order valence-electron chi connectivity index (χ2n) is 6.01. The van der Waals surface area contributed by atoms with E-state index in [0.29, 0.717) is 28.3 Å². The van der Waals surface area contributed by atoms with E-state index < -0.39 is 5.25 Å². The highest BCUT2D eigenvalue weighted by Crippen LogP contribution is 2.31. The molecule has 3 aromatic rings. The summed E-state index contributed by atoms with van der Waals surface area (Å²) in [6.45, 7) is 3.75. The average Bonchev–Trinajstić information content (AvgIpc) is 3.16. The maximum atomic E-state index is 12.5. The number of benzene rings is 2. The Kier molecular flexibility index (Phi) is 6.20. The summed E-state index contributed by atoms with van der Waals surface area (Å²) in [4.78, 5) is 12.5. The summed E-state index contributed by atoms with van der Waals surface area (Å²) in [6.07, 6.45) is 0. The number of amides is 1. The van der Waals surface area contributed by atoms with E-state index in [2.05, 4.69) is 15.5 Å². The largest absolute Gasteiger partial charge is 0.493 e. The van der Waals surface area contributed by atoms with Gasteiger partial charge in [-0.1, -0.05) is 30.0 Å². The molecule has 0 aliphatic rings. The molecule has 0 fully saturated rings. The molecule has 0 bridgehead atoms. The van der Waals surface area contributed by atoms with Gasteiger partial charge in [-0.25, -0.2) is 0 Å². The maximum Gasteiger partial charge on any atom is 0.277 e. The van der Waals surface area contributed by atoms with Gasteiger partial charge in [0.1, 0.15) is 0 Å². The number of hydrogen-bond acceptors (Lipinski definition) is 7. The SMILES string of the molecule is COc1ccc(NC(=O)[C@@H](C)Sc2nnc(-c3ccccc3C)o2)cc1OC. The van der Waals surface area contributed by atoms with Crippen molar-refractivity contribution >= 4 is 23.4 Å². The summed E-state index contributed by atoms with van der Waals surface area (Å²) in [7, 11) is 3.11. The first-order valence-electron chi connectivity index (χ1n) is 8.61. The zero-order valence-corrected chi connectivity index (χ0v) is 16.9. The van der Waals surface area contributed by atoms with Gasteiger partial charge in [-0.3, -0.25) is 4.79 Å². The highest BCUT2D eigenvalue weighted by molar-refractivity contribution is 8.00. The molecule has 1 atom stereocenters. The molecule has 0 saturated carbocycles. The Morgan fingerprint density at radius 3 is 2.57 bits per heavy atom. The van der Waals surface area contributed by atoms with Crippen LogP contribution in [0.25, 0.3) is 11.5 Å². The predicted octanol–water partition coefficient (Wildman–Crippen LogP) is 4.18. The van der Waals surface area contributed by atoms with Gasteiger partial charge < -0.3 is 19.2 Å². The van der Waals surface area contributed by atoms with E-state index in [1.165, 1.54) is 11.8 Å². The molecule has 0 unspecified atom stereocenters. The van der Waals surface area contributed by atoms with Gasteiger partial charge in [0.05, 0.1) is 19.5 Å². The molecule has 1 heterocycles. The summed E-state index contributed by atoms with van der Waals surface area (Å²) in [5.74, 6) is 1.39. The predicted molar refractivity (Wildman–Crippen MR) is 108 cm³/mol. The molecule has 2 aromatic carbocycles. The molecule has 0 aliphatic carbocycles. The lowest BCUT2D eigenvalue weighted by Crippen LogP contribution is -2.22. The smallest absolute Gasteiger partial charge is 0.277 e. The Morgan fingerprint density at radius 1 is 1.11 bits per heavy atom. The fraction of sp³-hybridized carbons (Fsp3) is 0.250. The van der Waals surface area contributed by atoms with E-state index in [1.807, 2.05) is 31.2 Å². The van der Waals surface area contributed by atoms with Crippen LogP contribution in [0.15, 0.2) is 52.1 Å². The average molecular weight is 399 g/mol. The van der Waals surface area contributed by atoms with Gasteiger partial charge in [-0.05, 0) is 37.6 Å². The van der Waals surface area contributed by atoms with E-state index in [9.17, 15) is 4.79 Å². The van der Waals surface area contributed by atoms with Crippen LogP contribution in [0.5, 0.6) is 11.5 Å². The van der Waals surface area contributed by atoms with E-state index in [0.717, 1.165) is 11.1 Å². The van der Waals surface area contributed by atoms with E-state index >= 15 is 0 Å². The number of aryl methyl sites for hydroxylation is 1. The first-order valence-corrected chi connectivity index (χ1v) is 9.49. The van der Waals surface area contributed by atoms with Crippen LogP contribution in [0.2, 0.25) is 0 Å². The third-order valence-electron chi connectivity index (χ3n) is 4.08. The molecule has 3 rings (SSSR count). The molecule has 1 aromatic heterocycles. The minimum Gasteiger partial charge on any atom is -0.493 e. The molecule has 7 nitrogen and oxygen atoms in total. The van der Waals surface area contributed by atoms with Gasteiger partial charge in [-0.2, -0.15) is 0 Å². The van der Waals surface area contributed by atoms with Crippen LogP contribution in [0, 0.1) is 6.92 Å². The van der Waals surface area contributed by atoms with Crippen molar-refractivity contribution in [2.45, 2.75) is 24.3 Å². The first kappa shape index (κ1) is 19.8. The molecule has 0 saturated heterocycles. The minimum absolute atomic E-state index is 0.187. The van der Waals surface area contributed by atoms with Crippen LogP contribution in [0.1, 0.15) is 12.5 Å². The maximum absolute atomic E-state index is 12.5. The van der Waals surface area contributed by atoms with Gasteiger partial charge >= 0.3 is 0 Å². The van der Waals surface area contributed by atoms with Gasteiger partial charge in [0.2, 0.25) is 11.8 Å². The fourth-order valence-corrected chi connectivity index (χ4v) is 3.23. The normalized spacial score (nSPS) is 11.7. The fourth-order valence-electron chi connectivity index (χ4n) is 2.54. The Bertz CT molecular complexity index is 974. The summed E-state index contributed by atoms with van der Waals surface area (Å²) < 4.78 is 16.2. The molecule has 0 aliphatic heterocycles. The molecule has 0 spiro atoms. The number of anilines is 1. The number of ether oxygens (including phenoxy) is 2. The highest BCUT2D eigenvalue weighted by Gasteiger charge is 2.20. The molecular weight excluding hydrogens is 378 g/mol. The molecule has 0 radical (unpaired) electrons. The number of methoxy groups -OCH3 is 2. The van der Waals surface area contributed by atoms with Crippen LogP contribution in [0.4, 0.5) is 5.69 Å². The second kappa shape index (κ2) is 8.79. The topological polar surface area (TPSA) is 86.5 Å². The van der Waals surface area contributed by atoms with Crippen molar-refractivity contribution in [3.8, 4) is 23.0 Å². The number of carbonyl (C=O) groups is 1. The molecule has 1 N–H and O–H groups in total. The summed E-state index contributed by atoms with van der Waals surface area (Å²) in [5, 5.41) is 10.9. The van der Waals surface area contributed by atoms with Gasteiger partial charge in [-0.15, -0.1) is 10.2 Å². The summed E-state index contributed by atoms with van der Waals surface area (Å²) in [6, 6.07) is 13.0. The molecule has 1 amide bonds. The standard InChI is InChI=1S/C20H21N3O4S/c1-12-7-5-6-8-15(12)19-22-23-20(27-19)28-13(2)18(24)21-14-9-10-16(25-3)17(11-14)26-4/h5-11,13H,1-4H3,(H,21,24)/t13-/m1/s1. The minimum atomic E-state index is -0.432. The Balaban J connectivity index is 1.66.